The number of rotatable bonds is 3. The van der Waals surface area contributed by atoms with E-state index in [1.54, 1.807) is 6.33 Å². The van der Waals surface area contributed by atoms with Gasteiger partial charge in [0, 0.05) is 5.56 Å². The number of hydrogen-bond acceptors (Lipinski definition) is 3. The summed E-state index contributed by atoms with van der Waals surface area (Å²) in [5, 5.41) is 2.41. The van der Waals surface area contributed by atoms with Gasteiger partial charge in [-0.1, -0.05) is 66.7 Å². The Morgan fingerprint density at radius 3 is 2.42 bits per heavy atom. The lowest BCUT2D eigenvalue weighted by molar-refractivity contribution is 0.813. The molecule has 4 heteroatoms. The van der Waals surface area contributed by atoms with Crippen LogP contribution in [0.2, 0.25) is 0 Å². The minimum Gasteiger partial charge on any atom is -0.311 e. The fourth-order valence-electron chi connectivity index (χ4n) is 3.32. The Morgan fingerprint density at radius 1 is 0.731 bits per heavy atom. The van der Waals surface area contributed by atoms with Gasteiger partial charge in [-0.15, -0.1) is 0 Å². The van der Waals surface area contributed by atoms with Crippen LogP contribution in [0.15, 0.2) is 85.5 Å². The topological polar surface area (TPSA) is 43.6 Å². The first-order valence-corrected chi connectivity index (χ1v) is 8.57. The fraction of sp³-hybridized carbons (Fsp3) is 0.0455. The number of fused-ring (bicyclic) bond motifs is 2. The van der Waals surface area contributed by atoms with E-state index >= 15 is 0 Å². The molecule has 0 N–H and O–H groups in total. The summed E-state index contributed by atoms with van der Waals surface area (Å²) < 4.78 is 2.07. The maximum atomic E-state index is 4.61. The van der Waals surface area contributed by atoms with Gasteiger partial charge in [0.25, 0.3) is 0 Å². The zero-order valence-corrected chi connectivity index (χ0v) is 14.1. The molecular weight excluding hydrogens is 320 g/mol. The van der Waals surface area contributed by atoms with Gasteiger partial charge in [-0.05, 0) is 22.4 Å². The molecule has 0 spiro atoms. The minimum absolute atomic E-state index is 0.742. The summed E-state index contributed by atoms with van der Waals surface area (Å²) in [5.74, 6) is 0. The van der Waals surface area contributed by atoms with Crippen molar-refractivity contribution in [3.05, 3.63) is 91.0 Å². The standard InChI is InChI=1S/C22H16N4/c1-2-6-16(7-3-1)13-26-15-25-21-20(23-14-24-22(21)26)19-11-10-17-8-4-5-9-18(17)12-19/h1-12,14-15H,13H2. The molecule has 0 atom stereocenters. The zero-order valence-electron chi connectivity index (χ0n) is 14.1. The van der Waals surface area contributed by atoms with E-state index in [2.05, 4.69) is 74.1 Å². The molecule has 0 saturated heterocycles. The van der Waals surface area contributed by atoms with Crippen molar-refractivity contribution < 1.29 is 0 Å². The van der Waals surface area contributed by atoms with Crippen LogP contribution in [0, 0.1) is 0 Å². The first-order valence-electron chi connectivity index (χ1n) is 8.57. The quantitative estimate of drug-likeness (QED) is 0.480. The van der Waals surface area contributed by atoms with Gasteiger partial charge in [-0.3, -0.25) is 0 Å². The van der Waals surface area contributed by atoms with E-state index in [-0.39, 0.29) is 0 Å². The Morgan fingerprint density at radius 2 is 1.54 bits per heavy atom. The number of nitrogens with zero attached hydrogens (tertiary/aromatic N) is 4. The second kappa shape index (κ2) is 6.08. The number of aromatic nitrogens is 4. The van der Waals surface area contributed by atoms with E-state index in [4.69, 9.17) is 0 Å². The van der Waals surface area contributed by atoms with Crippen LogP contribution in [0.4, 0.5) is 0 Å². The molecule has 0 amide bonds. The van der Waals surface area contributed by atoms with Gasteiger partial charge >= 0.3 is 0 Å². The van der Waals surface area contributed by atoms with Crippen molar-refractivity contribution in [1.82, 2.24) is 19.5 Å². The highest BCUT2D eigenvalue weighted by molar-refractivity contribution is 5.92. The molecule has 0 aliphatic heterocycles. The summed E-state index contributed by atoms with van der Waals surface area (Å²) >= 11 is 0. The van der Waals surface area contributed by atoms with Gasteiger partial charge in [0.1, 0.15) is 17.5 Å². The normalized spacial score (nSPS) is 11.2. The van der Waals surface area contributed by atoms with Gasteiger partial charge < -0.3 is 4.57 Å². The molecule has 0 aliphatic carbocycles. The van der Waals surface area contributed by atoms with Crippen molar-refractivity contribution in [1.29, 1.82) is 0 Å². The van der Waals surface area contributed by atoms with Crippen LogP contribution in [-0.2, 0) is 6.54 Å². The molecule has 3 aromatic carbocycles. The largest absolute Gasteiger partial charge is 0.311 e. The van der Waals surface area contributed by atoms with E-state index in [1.807, 2.05) is 24.5 Å². The van der Waals surface area contributed by atoms with Gasteiger partial charge in [-0.2, -0.15) is 0 Å². The number of imidazole rings is 1. The van der Waals surface area contributed by atoms with Crippen LogP contribution < -0.4 is 0 Å². The molecule has 0 saturated carbocycles. The number of hydrogen-bond donors (Lipinski definition) is 0. The molecule has 5 aromatic rings. The van der Waals surface area contributed by atoms with E-state index in [9.17, 15) is 0 Å². The SMILES string of the molecule is c1ccc(Cn2cnc3c(-c4ccc5ccccc5c4)ncnc32)cc1. The minimum atomic E-state index is 0.742. The van der Waals surface area contributed by atoms with Crippen molar-refractivity contribution in [3.8, 4) is 11.3 Å². The van der Waals surface area contributed by atoms with E-state index in [1.165, 1.54) is 16.3 Å². The van der Waals surface area contributed by atoms with Crippen molar-refractivity contribution in [2.45, 2.75) is 6.54 Å². The highest BCUT2D eigenvalue weighted by atomic mass is 15.1. The Balaban J connectivity index is 1.62. The molecule has 2 heterocycles. The van der Waals surface area contributed by atoms with Crippen molar-refractivity contribution >= 4 is 21.9 Å². The Bertz CT molecular complexity index is 1210. The van der Waals surface area contributed by atoms with Crippen molar-refractivity contribution in [3.63, 3.8) is 0 Å². The van der Waals surface area contributed by atoms with Gasteiger partial charge in [0.2, 0.25) is 0 Å². The molecule has 0 unspecified atom stereocenters. The third-order valence-electron chi connectivity index (χ3n) is 4.62. The fourth-order valence-corrected chi connectivity index (χ4v) is 3.32. The lowest BCUT2D eigenvalue weighted by atomic mass is 10.0. The molecule has 26 heavy (non-hydrogen) atoms. The Kier molecular flexibility index (Phi) is 3.46. The summed E-state index contributed by atoms with van der Waals surface area (Å²) in [6.07, 6.45) is 3.47. The number of benzene rings is 3. The lowest BCUT2D eigenvalue weighted by Gasteiger charge is -2.06. The molecule has 4 nitrogen and oxygen atoms in total. The van der Waals surface area contributed by atoms with Crippen molar-refractivity contribution in [2.24, 2.45) is 0 Å². The zero-order chi connectivity index (χ0) is 17.3. The molecule has 0 fully saturated rings. The molecule has 124 valence electrons. The summed E-state index contributed by atoms with van der Waals surface area (Å²) in [5.41, 5.74) is 4.83. The second-order valence-electron chi connectivity index (χ2n) is 6.31. The lowest BCUT2D eigenvalue weighted by Crippen LogP contribution is -1.99. The average molecular weight is 336 g/mol. The maximum Gasteiger partial charge on any atom is 0.164 e. The van der Waals surface area contributed by atoms with E-state index in [0.29, 0.717) is 0 Å². The summed E-state index contributed by atoms with van der Waals surface area (Å²) in [7, 11) is 0. The highest BCUT2D eigenvalue weighted by Crippen LogP contribution is 2.27. The van der Waals surface area contributed by atoms with E-state index in [0.717, 1.165) is 29.0 Å². The van der Waals surface area contributed by atoms with Crippen LogP contribution in [0.3, 0.4) is 0 Å². The molecule has 0 radical (unpaired) electrons. The van der Waals surface area contributed by atoms with Crippen molar-refractivity contribution in [2.75, 3.05) is 0 Å². The summed E-state index contributed by atoms with van der Waals surface area (Å²) in [6, 6.07) is 25.0. The summed E-state index contributed by atoms with van der Waals surface area (Å²) in [6.45, 7) is 0.742. The van der Waals surface area contributed by atoms with E-state index < -0.39 is 0 Å². The average Bonchev–Trinajstić information content (AvgIpc) is 3.11. The predicted molar refractivity (Wildman–Crippen MR) is 104 cm³/mol. The first-order chi connectivity index (χ1) is 12.9. The molecule has 5 rings (SSSR count). The van der Waals surface area contributed by atoms with Crippen LogP contribution in [0.5, 0.6) is 0 Å². The Hall–Kier alpha value is -3.53. The van der Waals surface area contributed by atoms with Crippen LogP contribution in [0.25, 0.3) is 33.2 Å². The van der Waals surface area contributed by atoms with Gasteiger partial charge in [-0.25, -0.2) is 15.0 Å². The first kappa shape index (κ1) is 14.8. The van der Waals surface area contributed by atoms with Gasteiger partial charge in [0.05, 0.1) is 12.9 Å². The maximum absolute atomic E-state index is 4.61. The predicted octanol–water partition coefficient (Wildman–Crippen LogP) is 4.69. The smallest absolute Gasteiger partial charge is 0.164 e. The monoisotopic (exact) mass is 336 g/mol. The van der Waals surface area contributed by atoms with Crippen LogP contribution in [-0.4, -0.2) is 19.5 Å². The van der Waals surface area contributed by atoms with Crippen LogP contribution in [0.1, 0.15) is 5.56 Å². The highest BCUT2D eigenvalue weighted by Gasteiger charge is 2.12. The third kappa shape index (κ3) is 2.52. The Labute approximate surface area is 150 Å². The molecule has 0 bridgehead atoms. The second-order valence-corrected chi connectivity index (χ2v) is 6.31. The third-order valence-corrected chi connectivity index (χ3v) is 4.62. The van der Waals surface area contributed by atoms with Crippen LogP contribution >= 0.6 is 0 Å². The molecular formula is C22H16N4. The van der Waals surface area contributed by atoms with Gasteiger partial charge in [0.15, 0.2) is 5.65 Å². The molecule has 0 aliphatic rings. The summed E-state index contributed by atoms with van der Waals surface area (Å²) in [4.78, 5) is 13.6. The molecule has 2 aromatic heterocycles.